The van der Waals surface area contributed by atoms with E-state index in [1.54, 1.807) is 18.2 Å². The number of halogens is 3. The van der Waals surface area contributed by atoms with Gasteiger partial charge in [0, 0.05) is 11.6 Å². The first-order valence-corrected chi connectivity index (χ1v) is 6.42. The second kappa shape index (κ2) is 8.01. The number of amides is 1. The van der Waals surface area contributed by atoms with E-state index in [0.717, 1.165) is 4.90 Å². The maximum Gasteiger partial charge on any atom is 0.263 e. The number of rotatable bonds is 7. The Morgan fingerprint density at radius 2 is 2.20 bits per heavy atom. The Morgan fingerprint density at radius 1 is 1.50 bits per heavy atom. The van der Waals surface area contributed by atoms with Crippen LogP contribution in [0.5, 0.6) is 5.75 Å². The van der Waals surface area contributed by atoms with Crippen LogP contribution in [0.4, 0.5) is 8.78 Å². The van der Waals surface area contributed by atoms with E-state index in [2.05, 4.69) is 0 Å². The predicted molar refractivity (Wildman–Crippen MR) is 71.2 cm³/mol. The first-order valence-electron chi connectivity index (χ1n) is 6.04. The SMILES string of the molecule is CC(Oc1cccc(Cl)c1)C(=O)N(CCO)CC(F)F. The molecule has 0 radical (unpaired) electrons. The van der Waals surface area contributed by atoms with Gasteiger partial charge < -0.3 is 14.7 Å². The third-order valence-electron chi connectivity index (χ3n) is 2.50. The highest BCUT2D eigenvalue weighted by atomic mass is 35.5. The fourth-order valence-electron chi connectivity index (χ4n) is 1.63. The molecule has 1 aromatic rings. The summed E-state index contributed by atoms with van der Waals surface area (Å²) < 4.78 is 30.1. The summed E-state index contributed by atoms with van der Waals surface area (Å²) in [6.45, 7) is 0.177. The van der Waals surface area contributed by atoms with Gasteiger partial charge in [0.1, 0.15) is 5.75 Å². The molecule has 20 heavy (non-hydrogen) atoms. The number of aliphatic hydroxyl groups excluding tert-OH is 1. The summed E-state index contributed by atoms with van der Waals surface area (Å²) in [7, 11) is 0. The molecule has 1 atom stereocenters. The molecule has 1 amide bonds. The molecule has 0 aliphatic rings. The largest absolute Gasteiger partial charge is 0.481 e. The molecular formula is C13H16ClF2NO3. The molecule has 0 bridgehead atoms. The molecule has 1 rings (SSSR count). The van der Waals surface area contributed by atoms with Crippen molar-refractivity contribution in [3.05, 3.63) is 29.3 Å². The van der Waals surface area contributed by atoms with Gasteiger partial charge >= 0.3 is 0 Å². The van der Waals surface area contributed by atoms with E-state index in [0.29, 0.717) is 10.8 Å². The second-order valence-corrected chi connectivity index (χ2v) is 4.55. The lowest BCUT2D eigenvalue weighted by atomic mass is 10.3. The molecule has 4 nitrogen and oxygen atoms in total. The minimum Gasteiger partial charge on any atom is -0.481 e. The van der Waals surface area contributed by atoms with E-state index in [1.807, 2.05) is 0 Å². The monoisotopic (exact) mass is 307 g/mol. The molecule has 0 saturated carbocycles. The van der Waals surface area contributed by atoms with Gasteiger partial charge in [-0.1, -0.05) is 17.7 Å². The van der Waals surface area contributed by atoms with Crippen LogP contribution in [0.2, 0.25) is 5.02 Å². The van der Waals surface area contributed by atoms with Crippen molar-refractivity contribution in [2.24, 2.45) is 0 Å². The topological polar surface area (TPSA) is 49.8 Å². The van der Waals surface area contributed by atoms with Gasteiger partial charge in [-0.25, -0.2) is 8.78 Å². The van der Waals surface area contributed by atoms with Crippen LogP contribution >= 0.6 is 11.6 Å². The average molecular weight is 308 g/mol. The highest BCUT2D eigenvalue weighted by Crippen LogP contribution is 2.19. The molecule has 0 aromatic heterocycles. The molecular weight excluding hydrogens is 292 g/mol. The normalized spacial score (nSPS) is 12.3. The molecule has 0 fully saturated rings. The molecule has 0 saturated heterocycles. The summed E-state index contributed by atoms with van der Waals surface area (Å²) in [6, 6.07) is 6.43. The third kappa shape index (κ3) is 5.30. The Morgan fingerprint density at radius 3 is 2.75 bits per heavy atom. The number of carbonyl (C=O) groups is 1. The fraction of sp³-hybridized carbons (Fsp3) is 0.462. The quantitative estimate of drug-likeness (QED) is 0.840. The maximum absolute atomic E-state index is 12.4. The average Bonchev–Trinajstić information content (AvgIpc) is 2.36. The van der Waals surface area contributed by atoms with Gasteiger partial charge in [-0.2, -0.15) is 0 Å². The van der Waals surface area contributed by atoms with Crippen molar-refractivity contribution in [2.45, 2.75) is 19.5 Å². The number of hydrogen-bond acceptors (Lipinski definition) is 3. The summed E-state index contributed by atoms with van der Waals surface area (Å²) in [6.07, 6.45) is -3.61. The highest BCUT2D eigenvalue weighted by Gasteiger charge is 2.24. The summed E-state index contributed by atoms with van der Waals surface area (Å²) in [5, 5.41) is 9.26. The van der Waals surface area contributed by atoms with Gasteiger partial charge in [0.15, 0.2) is 6.10 Å². The lowest BCUT2D eigenvalue weighted by Crippen LogP contribution is -2.44. The van der Waals surface area contributed by atoms with Crippen molar-refractivity contribution in [1.82, 2.24) is 4.90 Å². The van der Waals surface area contributed by atoms with Crippen LogP contribution in [0.25, 0.3) is 0 Å². The number of hydrogen-bond donors (Lipinski definition) is 1. The first kappa shape index (κ1) is 16.7. The van der Waals surface area contributed by atoms with Crippen molar-refractivity contribution in [3.8, 4) is 5.75 Å². The van der Waals surface area contributed by atoms with E-state index in [-0.39, 0.29) is 13.2 Å². The van der Waals surface area contributed by atoms with E-state index in [4.69, 9.17) is 21.4 Å². The Balaban J connectivity index is 2.68. The lowest BCUT2D eigenvalue weighted by molar-refractivity contribution is -0.140. The van der Waals surface area contributed by atoms with Crippen LogP contribution < -0.4 is 4.74 Å². The van der Waals surface area contributed by atoms with Gasteiger partial charge in [0.25, 0.3) is 12.3 Å². The van der Waals surface area contributed by atoms with E-state index >= 15 is 0 Å². The van der Waals surface area contributed by atoms with Crippen LogP contribution in [0, 0.1) is 0 Å². The van der Waals surface area contributed by atoms with Crippen molar-refractivity contribution < 1.29 is 23.4 Å². The van der Waals surface area contributed by atoms with Gasteiger partial charge in [-0.3, -0.25) is 4.79 Å². The zero-order chi connectivity index (χ0) is 15.1. The molecule has 0 heterocycles. The van der Waals surface area contributed by atoms with Crippen molar-refractivity contribution >= 4 is 17.5 Å². The van der Waals surface area contributed by atoms with Crippen molar-refractivity contribution in [1.29, 1.82) is 0 Å². The summed E-state index contributed by atoms with van der Waals surface area (Å²) >= 11 is 5.78. The Kier molecular flexibility index (Phi) is 6.67. The molecule has 0 aliphatic heterocycles. The molecule has 1 unspecified atom stereocenters. The predicted octanol–water partition coefficient (Wildman–Crippen LogP) is 2.19. The number of alkyl halides is 2. The zero-order valence-corrected chi connectivity index (χ0v) is 11.7. The van der Waals surface area contributed by atoms with Crippen molar-refractivity contribution in [2.75, 3.05) is 19.7 Å². The van der Waals surface area contributed by atoms with E-state index in [9.17, 15) is 13.6 Å². The number of benzene rings is 1. The molecule has 7 heteroatoms. The van der Waals surface area contributed by atoms with Crippen LogP contribution in [0.15, 0.2) is 24.3 Å². The van der Waals surface area contributed by atoms with Gasteiger partial charge in [0.2, 0.25) is 0 Å². The van der Waals surface area contributed by atoms with E-state index in [1.165, 1.54) is 13.0 Å². The molecule has 0 aliphatic carbocycles. The van der Waals surface area contributed by atoms with Crippen molar-refractivity contribution in [3.63, 3.8) is 0 Å². The number of ether oxygens (including phenoxy) is 1. The second-order valence-electron chi connectivity index (χ2n) is 4.12. The molecule has 1 N–H and O–H groups in total. The third-order valence-corrected chi connectivity index (χ3v) is 2.73. The Labute approximate surface area is 120 Å². The Hall–Kier alpha value is -1.40. The smallest absolute Gasteiger partial charge is 0.263 e. The summed E-state index contributed by atoms with van der Waals surface area (Å²) in [5.74, 6) is -0.237. The Bertz CT molecular complexity index is 445. The fourth-order valence-corrected chi connectivity index (χ4v) is 1.81. The first-order chi connectivity index (χ1) is 9.43. The van der Waals surface area contributed by atoms with Gasteiger partial charge in [-0.15, -0.1) is 0 Å². The van der Waals surface area contributed by atoms with E-state index < -0.39 is 25.0 Å². The molecule has 0 spiro atoms. The summed E-state index contributed by atoms with van der Waals surface area (Å²) in [4.78, 5) is 12.9. The summed E-state index contributed by atoms with van der Waals surface area (Å²) in [5.41, 5.74) is 0. The minimum absolute atomic E-state index is 0.160. The van der Waals surface area contributed by atoms with Crippen LogP contribution in [-0.2, 0) is 4.79 Å². The van der Waals surface area contributed by atoms with Crippen LogP contribution in [0.3, 0.4) is 0 Å². The molecule has 112 valence electrons. The van der Waals surface area contributed by atoms with Gasteiger partial charge in [-0.05, 0) is 25.1 Å². The maximum atomic E-state index is 12.4. The number of aliphatic hydroxyl groups is 1. The highest BCUT2D eigenvalue weighted by molar-refractivity contribution is 6.30. The standard InChI is InChI=1S/C13H16ClF2NO3/c1-9(20-11-4-2-3-10(14)7-11)13(19)17(5-6-18)8-12(15)16/h2-4,7,9,12,18H,5-6,8H2,1H3. The lowest BCUT2D eigenvalue weighted by Gasteiger charge is -2.25. The minimum atomic E-state index is -2.66. The number of carbonyl (C=O) groups excluding carboxylic acids is 1. The van der Waals surface area contributed by atoms with Crippen LogP contribution in [0.1, 0.15) is 6.92 Å². The van der Waals surface area contributed by atoms with Crippen LogP contribution in [-0.4, -0.2) is 48.1 Å². The zero-order valence-electron chi connectivity index (χ0n) is 10.9. The molecule has 1 aromatic carbocycles. The van der Waals surface area contributed by atoms with Gasteiger partial charge in [0.05, 0.1) is 13.2 Å². The number of nitrogens with zero attached hydrogens (tertiary/aromatic N) is 1.